The molecule has 0 atom stereocenters. The standard InChI is InChI=1S/C30H32N6O/c1-22(2)35-15-13-34(14-16-35)21-26-8-9-27(17-23(26)3)33-30(37)25-6-4-5-24(18-25)7-10-28-19-32-29-20-31-11-12-36(28)29/h4-6,8-9,11-12,17-20,22H,13-16,21H2,1-3H3,(H,33,37). The maximum absolute atomic E-state index is 13.0. The molecule has 0 bridgehead atoms. The van der Waals surface area contributed by atoms with E-state index in [1.54, 1.807) is 24.7 Å². The number of nitrogens with one attached hydrogen (secondary N) is 1. The molecule has 0 unspecified atom stereocenters. The van der Waals surface area contributed by atoms with Crippen LogP contribution in [0.3, 0.4) is 0 Å². The summed E-state index contributed by atoms with van der Waals surface area (Å²) in [5, 5.41) is 3.04. The molecule has 7 heteroatoms. The number of anilines is 1. The summed E-state index contributed by atoms with van der Waals surface area (Å²) in [4.78, 5) is 26.4. The van der Waals surface area contributed by atoms with Crippen LogP contribution >= 0.6 is 0 Å². The van der Waals surface area contributed by atoms with Gasteiger partial charge in [-0.1, -0.05) is 18.1 Å². The second kappa shape index (κ2) is 11.0. The van der Waals surface area contributed by atoms with E-state index in [2.05, 4.69) is 69.8 Å². The molecule has 0 saturated carbocycles. The topological polar surface area (TPSA) is 65.8 Å². The molecule has 37 heavy (non-hydrogen) atoms. The van der Waals surface area contributed by atoms with Crippen LogP contribution in [0.1, 0.15) is 46.6 Å². The van der Waals surface area contributed by atoms with E-state index in [4.69, 9.17) is 0 Å². The molecule has 0 aliphatic carbocycles. The first-order valence-electron chi connectivity index (χ1n) is 12.7. The van der Waals surface area contributed by atoms with Crippen molar-refractivity contribution < 1.29 is 4.79 Å². The number of hydrogen-bond donors (Lipinski definition) is 1. The number of carbonyl (C=O) groups is 1. The monoisotopic (exact) mass is 492 g/mol. The Morgan fingerprint density at radius 2 is 1.89 bits per heavy atom. The molecule has 1 fully saturated rings. The summed E-state index contributed by atoms with van der Waals surface area (Å²) < 4.78 is 1.88. The number of hydrogen-bond acceptors (Lipinski definition) is 5. The number of aromatic nitrogens is 3. The number of piperazine rings is 1. The first-order chi connectivity index (χ1) is 18.0. The Morgan fingerprint density at radius 1 is 1.05 bits per heavy atom. The lowest BCUT2D eigenvalue weighted by molar-refractivity contribution is 0.102. The Balaban J connectivity index is 1.23. The smallest absolute Gasteiger partial charge is 0.255 e. The van der Waals surface area contributed by atoms with E-state index < -0.39 is 0 Å². The van der Waals surface area contributed by atoms with Crippen molar-refractivity contribution >= 4 is 17.2 Å². The van der Waals surface area contributed by atoms with Crippen molar-refractivity contribution in [2.75, 3.05) is 31.5 Å². The Labute approximate surface area is 218 Å². The third kappa shape index (κ3) is 5.88. The Kier molecular flexibility index (Phi) is 7.31. The van der Waals surface area contributed by atoms with E-state index in [-0.39, 0.29) is 5.91 Å². The molecule has 1 aliphatic rings. The van der Waals surface area contributed by atoms with E-state index in [1.165, 1.54) is 11.1 Å². The van der Waals surface area contributed by atoms with Gasteiger partial charge in [0.25, 0.3) is 5.91 Å². The first kappa shape index (κ1) is 24.7. The molecule has 7 nitrogen and oxygen atoms in total. The molecule has 0 radical (unpaired) electrons. The van der Waals surface area contributed by atoms with Crippen LogP contribution < -0.4 is 5.32 Å². The van der Waals surface area contributed by atoms with Crippen LogP contribution in [0.5, 0.6) is 0 Å². The van der Waals surface area contributed by atoms with Crippen molar-refractivity contribution in [2.24, 2.45) is 0 Å². The molecular weight excluding hydrogens is 460 g/mol. The predicted octanol–water partition coefficient (Wildman–Crippen LogP) is 4.22. The highest BCUT2D eigenvalue weighted by atomic mass is 16.1. The van der Waals surface area contributed by atoms with Crippen LogP contribution in [-0.4, -0.2) is 62.3 Å². The van der Waals surface area contributed by atoms with Crippen molar-refractivity contribution in [1.82, 2.24) is 24.2 Å². The lowest BCUT2D eigenvalue weighted by atomic mass is 10.1. The van der Waals surface area contributed by atoms with Gasteiger partial charge in [-0.25, -0.2) is 4.98 Å². The maximum Gasteiger partial charge on any atom is 0.255 e. The number of aryl methyl sites for hydroxylation is 1. The number of benzene rings is 2. The van der Waals surface area contributed by atoms with Crippen LogP contribution in [0, 0.1) is 18.8 Å². The average Bonchev–Trinajstić information content (AvgIpc) is 3.32. The zero-order valence-corrected chi connectivity index (χ0v) is 21.6. The molecule has 5 rings (SSSR count). The molecule has 3 heterocycles. The molecule has 4 aromatic rings. The largest absolute Gasteiger partial charge is 0.322 e. The van der Waals surface area contributed by atoms with Crippen molar-refractivity contribution in [2.45, 2.75) is 33.4 Å². The number of nitrogens with zero attached hydrogens (tertiary/aromatic N) is 5. The highest BCUT2D eigenvalue weighted by Gasteiger charge is 2.19. The van der Waals surface area contributed by atoms with Gasteiger partial charge in [-0.2, -0.15) is 0 Å². The average molecular weight is 493 g/mol. The van der Waals surface area contributed by atoms with E-state index in [0.29, 0.717) is 11.6 Å². The predicted molar refractivity (Wildman–Crippen MR) is 147 cm³/mol. The van der Waals surface area contributed by atoms with Gasteiger partial charge in [-0.05, 0) is 68.2 Å². The number of carbonyl (C=O) groups excluding carboxylic acids is 1. The van der Waals surface area contributed by atoms with Gasteiger partial charge in [0.1, 0.15) is 5.69 Å². The Bertz CT molecular complexity index is 1470. The van der Waals surface area contributed by atoms with Gasteiger partial charge < -0.3 is 5.32 Å². The highest BCUT2D eigenvalue weighted by molar-refractivity contribution is 6.04. The summed E-state index contributed by atoms with van der Waals surface area (Å²) in [6, 6.07) is 14.2. The zero-order chi connectivity index (χ0) is 25.8. The summed E-state index contributed by atoms with van der Waals surface area (Å²) in [7, 11) is 0. The molecule has 1 amide bonds. The zero-order valence-electron chi connectivity index (χ0n) is 21.6. The molecular formula is C30H32N6O. The van der Waals surface area contributed by atoms with Crippen molar-refractivity contribution in [3.8, 4) is 11.8 Å². The normalized spacial score (nSPS) is 14.5. The summed E-state index contributed by atoms with van der Waals surface area (Å²) in [6.07, 6.45) is 6.94. The Morgan fingerprint density at radius 3 is 2.68 bits per heavy atom. The summed E-state index contributed by atoms with van der Waals surface area (Å²) >= 11 is 0. The minimum absolute atomic E-state index is 0.151. The van der Waals surface area contributed by atoms with Crippen molar-refractivity contribution in [3.05, 3.63) is 95.2 Å². The van der Waals surface area contributed by atoms with Gasteiger partial charge in [0.2, 0.25) is 0 Å². The molecule has 2 aromatic carbocycles. The fourth-order valence-corrected chi connectivity index (χ4v) is 4.64. The van der Waals surface area contributed by atoms with Gasteiger partial charge in [0.15, 0.2) is 5.65 Å². The van der Waals surface area contributed by atoms with Crippen LogP contribution in [0.25, 0.3) is 5.65 Å². The van der Waals surface area contributed by atoms with E-state index in [9.17, 15) is 4.79 Å². The number of imidazole rings is 1. The summed E-state index contributed by atoms with van der Waals surface area (Å²) in [6.45, 7) is 12.0. The van der Waals surface area contributed by atoms with Crippen LogP contribution in [0.4, 0.5) is 5.69 Å². The van der Waals surface area contributed by atoms with Crippen molar-refractivity contribution in [1.29, 1.82) is 0 Å². The minimum atomic E-state index is -0.151. The number of rotatable bonds is 5. The third-order valence-corrected chi connectivity index (χ3v) is 6.91. The number of fused-ring (bicyclic) bond motifs is 1. The van der Waals surface area contributed by atoms with Gasteiger partial charge in [0, 0.05) is 68.0 Å². The van der Waals surface area contributed by atoms with Gasteiger partial charge in [-0.3, -0.25) is 24.0 Å². The molecule has 0 spiro atoms. The van der Waals surface area contributed by atoms with Crippen LogP contribution in [-0.2, 0) is 6.54 Å². The van der Waals surface area contributed by atoms with Gasteiger partial charge >= 0.3 is 0 Å². The quantitative estimate of drug-likeness (QED) is 0.423. The SMILES string of the molecule is Cc1cc(NC(=O)c2cccc(C#Cc3cnc4cnccn34)c2)ccc1CN1CCN(C(C)C)CC1. The minimum Gasteiger partial charge on any atom is -0.322 e. The molecule has 188 valence electrons. The molecule has 1 N–H and O–H groups in total. The fourth-order valence-electron chi connectivity index (χ4n) is 4.64. The first-order valence-corrected chi connectivity index (χ1v) is 12.7. The molecule has 1 saturated heterocycles. The molecule has 1 aliphatic heterocycles. The highest BCUT2D eigenvalue weighted by Crippen LogP contribution is 2.19. The van der Waals surface area contributed by atoms with Crippen molar-refractivity contribution in [3.63, 3.8) is 0 Å². The lowest BCUT2D eigenvalue weighted by Crippen LogP contribution is -2.48. The van der Waals surface area contributed by atoms with Gasteiger partial charge in [0.05, 0.1) is 12.4 Å². The molecule has 2 aromatic heterocycles. The second-order valence-electron chi connectivity index (χ2n) is 9.78. The van der Waals surface area contributed by atoms with Crippen LogP contribution in [0.2, 0.25) is 0 Å². The second-order valence-corrected chi connectivity index (χ2v) is 9.78. The summed E-state index contributed by atoms with van der Waals surface area (Å²) in [5.41, 5.74) is 6.13. The number of amides is 1. The Hall–Kier alpha value is -3.99. The summed E-state index contributed by atoms with van der Waals surface area (Å²) in [5.74, 6) is 6.13. The van der Waals surface area contributed by atoms with Crippen LogP contribution in [0.15, 0.2) is 67.3 Å². The van der Waals surface area contributed by atoms with E-state index in [1.807, 2.05) is 34.9 Å². The lowest BCUT2D eigenvalue weighted by Gasteiger charge is -2.37. The van der Waals surface area contributed by atoms with E-state index >= 15 is 0 Å². The maximum atomic E-state index is 13.0. The van der Waals surface area contributed by atoms with Gasteiger partial charge in [-0.15, -0.1) is 0 Å². The third-order valence-electron chi connectivity index (χ3n) is 6.91. The van der Waals surface area contributed by atoms with E-state index in [0.717, 1.165) is 55.3 Å². The fraction of sp³-hybridized carbons (Fsp3) is 0.300.